The molecular weight excluding hydrogens is 310 g/mol. The standard InChI is InChI=1S/C17H15N3O4/c18-17(23)11-2-4-12(5-3-11)19-15(21)8-10-1-6-14-13(7-10)20-16(22)9-24-14/h1-7H,8-9H2,(H2,18,23)(H,19,21)(H,20,22). The molecule has 1 heterocycles. The molecule has 0 saturated heterocycles. The minimum Gasteiger partial charge on any atom is -0.482 e. The first kappa shape index (κ1) is 15.5. The Morgan fingerprint density at radius 2 is 1.92 bits per heavy atom. The van der Waals surface area contributed by atoms with Crippen LogP contribution in [0, 0.1) is 0 Å². The summed E-state index contributed by atoms with van der Waals surface area (Å²) in [5.74, 6) is -0.379. The Hall–Kier alpha value is -3.35. The number of anilines is 2. The van der Waals surface area contributed by atoms with Gasteiger partial charge in [0.1, 0.15) is 5.75 Å². The van der Waals surface area contributed by atoms with Crippen molar-refractivity contribution in [3.63, 3.8) is 0 Å². The smallest absolute Gasteiger partial charge is 0.262 e. The van der Waals surface area contributed by atoms with E-state index >= 15 is 0 Å². The molecule has 0 radical (unpaired) electrons. The highest BCUT2D eigenvalue weighted by molar-refractivity contribution is 5.97. The highest BCUT2D eigenvalue weighted by atomic mass is 16.5. The summed E-state index contributed by atoms with van der Waals surface area (Å²) < 4.78 is 5.27. The summed E-state index contributed by atoms with van der Waals surface area (Å²) in [4.78, 5) is 34.5. The molecule has 0 spiro atoms. The molecule has 0 atom stereocenters. The largest absolute Gasteiger partial charge is 0.482 e. The molecule has 2 aromatic rings. The molecule has 3 rings (SSSR count). The average Bonchev–Trinajstić information content (AvgIpc) is 2.54. The van der Waals surface area contributed by atoms with E-state index in [0.717, 1.165) is 5.56 Å². The summed E-state index contributed by atoms with van der Waals surface area (Å²) >= 11 is 0. The second-order valence-electron chi connectivity index (χ2n) is 5.33. The molecule has 0 fully saturated rings. The lowest BCUT2D eigenvalue weighted by atomic mass is 10.1. The lowest BCUT2D eigenvalue weighted by molar-refractivity contribution is -0.118. The Morgan fingerprint density at radius 3 is 2.62 bits per heavy atom. The summed E-state index contributed by atoms with van der Waals surface area (Å²) in [5.41, 5.74) is 7.41. The zero-order chi connectivity index (χ0) is 17.1. The van der Waals surface area contributed by atoms with Crippen molar-refractivity contribution in [2.45, 2.75) is 6.42 Å². The van der Waals surface area contributed by atoms with E-state index in [2.05, 4.69) is 10.6 Å². The normalized spacial score (nSPS) is 12.6. The second kappa shape index (κ2) is 6.41. The van der Waals surface area contributed by atoms with Gasteiger partial charge in [0.05, 0.1) is 12.1 Å². The van der Waals surface area contributed by atoms with Gasteiger partial charge in [0.2, 0.25) is 11.8 Å². The third-order valence-electron chi connectivity index (χ3n) is 3.49. The predicted octanol–water partition coefficient (Wildman–Crippen LogP) is 1.30. The van der Waals surface area contributed by atoms with Gasteiger partial charge in [-0.2, -0.15) is 0 Å². The molecule has 7 nitrogen and oxygen atoms in total. The van der Waals surface area contributed by atoms with Crippen LogP contribution in [-0.4, -0.2) is 24.3 Å². The highest BCUT2D eigenvalue weighted by Crippen LogP contribution is 2.28. The van der Waals surface area contributed by atoms with Crippen molar-refractivity contribution in [3.05, 3.63) is 53.6 Å². The van der Waals surface area contributed by atoms with E-state index in [9.17, 15) is 14.4 Å². The monoisotopic (exact) mass is 325 g/mol. The van der Waals surface area contributed by atoms with Crippen molar-refractivity contribution in [1.29, 1.82) is 0 Å². The summed E-state index contributed by atoms with van der Waals surface area (Å²) in [7, 11) is 0. The van der Waals surface area contributed by atoms with E-state index in [1.165, 1.54) is 0 Å². The molecule has 1 aliphatic rings. The highest BCUT2D eigenvalue weighted by Gasteiger charge is 2.16. The molecule has 0 aromatic heterocycles. The Bertz CT molecular complexity index is 815. The van der Waals surface area contributed by atoms with Gasteiger partial charge in [-0.25, -0.2) is 0 Å². The van der Waals surface area contributed by atoms with Crippen molar-refractivity contribution in [3.8, 4) is 5.75 Å². The molecule has 0 aliphatic carbocycles. The maximum atomic E-state index is 12.1. The number of ether oxygens (including phenoxy) is 1. The van der Waals surface area contributed by atoms with Crippen LogP contribution in [0.2, 0.25) is 0 Å². The van der Waals surface area contributed by atoms with Crippen LogP contribution in [0.4, 0.5) is 11.4 Å². The number of amides is 3. The van der Waals surface area contributed by atoms with Crippen molar-refractivity contribution in [1.82, 2.24) is 0 Å². The maximum absolute atomic E-state index is 12.1. The molecule has 3 amide bonds. The molecule has 0 bridgehead atoms. The van der Waals surface area contributed by atoms with Gasteiger partial charge in [0.25, 0.3) is 5.91 Å². The van der Waals surface area contributed by atoms with Crippen LogP contribution in [0.15, 0.2) is 42.5 Å². The van der Waals surface area contributed by atoms with Gasteiger partial charge in [-0.1, -0.05) is 6.07 Å². The number of benzene rings is 2. The minimum atomic E-state index is -0.522. The van der Waals surface area contributed by atoms with Gasteiger partial charge in [-0.05, 0) is 42.0 Å². The summed E-state index contributed by atoms with van der Waals surface area (Å²) in [6, 6.07) is 11.5. The van der Waals surface area contributed by atoms with Gasteiger partial charge < -0.3 is 21.1 Å². The fraction of sp³-hybridized carbons (Fsp3) is 0.118. The number of hydrogen-bond acceptors (Lipinski definition) is 4. The summed E-state index contributed by atoms with van der Waals surface area (Å²) in [5, 5.41) is 5.44. The molecule has 24 heavy (non-hydrogen) atoms. The van der Waals surface area contributed by atoms with Crippen LogP contribution in [0.5, 0.6) is 5.75 Å². The number of hydrogen-bond donors (Lipinski definition) is 3. The predicted molar refractivity (Wildman–Crippen MR) is 87.9 cm³/mol. The Balaban J connectivity index is 1.65. The molecule has 0 saturated carbocycles. The van der Waals surface area contributed by atoms with Crippen molar-refractivity contribution < 1.29 is 19.1 Å². The molecule has 122 valence electrons. The molecule has 0 unspecified atom stereocenters. The number of fused-ring (bicyclic) bond motifs is 1. The van der Waals surface area contributed by atoms with Crippen LogP contribution < -0.4 is 21.1 Å². The quantitative estimate of drug-likeness (QED) is 0.786. The van der Waals surface area contributed by atoms with Crippen LogP contribution >= 0.6 is 0 Å². The zero-order valence-electron chi connectivity index (χ0n) is 12.7. The lowest BCUT2D eigenvalue weighted by Gasteiger charge is -2.18. The first-order valence-corrected chi connectivity index (χ1v) is 7.26. The van der Waals surface area contributed by atoms with Crippen molar-refractivity contribution >= 4 is 29.1 Å². The average molecular weight is 325 g/mol. The first-order chi connectivity index (χ1) is 11.5. The summed E-state index contributed by atoms with van der Waals surface area (Å²) in [6.07, 6.45) is 0.140. The van der Waals surface area contributed by atoms with Gasteiger partial charge in [-0.3, -0.25) is 14.4 Å². The third kappa shape index (κ3) is 3.52. The Kier molecular flexibility index (Phi) is 4.15. The fourth-order valence-electron chi connectivity index (χ4n) is 2.35. The number of nitrogens with two attached hydrogens (primary N) is 1. The van der Waals surface area contributed by atoms with E-state index in [1.54, 1.807) is 42.5 Å². The Labute approximate surface area is 137 Å². The molecule has 4 N–H and O–H groups in total. The van der Waals surface area contributed by atoms with Crippen molar-refractivity contribution in [2.24, 2.45) is 5.73 Å². The molecule has 1 aliphatic heterocycles. The second-order valence-corrected chi connectivity index (χ2v) is 5.33. The number of carbonyl (C=O) groups is 3. The van der Waals surface area contributed by atoms with E-state index in [4.69, 9.17) is 10.5 Å². The van der Waals surface area contributed by atoms with Crippen LogP contribution in [-0.2, 0) is 16.0 Å². The lowest BCUT2D eigenvalue weighted by Crippen LogP contribution is -2.25. The number of primary amides is 1. The zero-order valence-corrected chi connectivity index (χ0v) is 12.7. The molecular formula is C17H15N3O4. The van der Waals surface area contributed by atoms with Crippen LogP contribution in [0.1, 0.15) is 15.9 Å². The number of rotatable bonds is 4. The SMILES string of the molecule is NC(=O)c1ccc(NC(=O)Cc2ccc3c(c2)NC(=O)CO3)cc1. The van der Waals surface area contributed by atoms with E-state index in [1.807, 2.05) is 0 Å². The van der Waals surface area contributed by atoms with E-state index in [-0.39, 0.29) is 24.8 Å². The summed E-state index contributed by atoms with van der Waals surface area (Å²) in [6.45, 7) is -0.00582. The van der Waals surface area contributed by atoms with Gasteiger partial charge in [0.15, 0.2) is 6.61 Å². The van der Waals surface area contributed by atoms with Gasteiger partial charge in [-0.15, -0.1) is 0 Å². The maximum Gasteiger partial charge on any atom is 0.262 e. The molecule has 2 aromatic carbocycles. The van der Waals surface area contributed by atoms with E-state index in [0.29, 0.717) is 22.7 Å². The molecule has 7 heteroatoms. The Morgan fingerprint density at radius 1 is 1.17 bits per heavy atom. The topological polar surface area (TPSA) is 111 Å². The number of carbonyl (C=O) groups excluding carboxylic acids is 3. The number of nitrogens with one attached hydrogen (secondary N) is 2. The minimum absolute atomic E-state index is 0.00582. The van der Waals surface area contributed by atoms with E-state index < -0.39 is 5.91 Å². The van der Waals surface area contributed by atoms with Gasteiger partial charge in [0, 0.05) is 11.3 Å². The van der Waals surface area contributed by atoms with Crippen LogP contribution in [0.3, 0.4) is 0 Å². The first-order valence-electron chi connectivity index (χ1n) is 7.26. The van der Waals surface area contributed by atoms with Crippen LogP contribution in [0.25, 0.3) is 0 Å². The fourth-order valence-corrected chi connectivity index (χ4v) is 2.35. The third-order valence-corrected chi connectivity index (χ3v) is 3.49. The van der Waals surface area contributed by atoms with Crippen molar-refractivity contribution in [2.75, 3.05) is 17.2 Å². The van der Waals surface area contributed by atoms with Gasteiger partial charge >= 0.3 is 0 Å².